The van der Waals surface area contributed by atoms with E-state index in [1.807, 2.05) is 0 Å². The molecule has 0 heterocycles. The van der Waals surface area contributed by atoms with Crippen LogP contribution < -0.4 is 0 Å². The van der Waals surface area contributed by atoms with E-state index in [4.69, 9.17) is 0 Å². The number of unbranched alkanes of at least 4 members (excludes halogenated alkanes) is 5. The Balaban J connectivity index is 0.00000192. The van der Waals surface area contributed by atoms with E-state index in [-0.39, 0.29) is 25.8 Å². The third-order valence-corrected chi connectivity index (χ3v) is 5.32. The van der Waals surface area contributed by atoms with E-state index in [2.05, 4.69) is 45.1 Å². The Bertz CT molecular complexity index is 553. The maximum Gasteiger partial charge on any atom is 0.0273 e. The first-order chi connectivity index (χ1) is 10.6. The minimum absolute atomic E-state index is 0. The molecule has 23 heavy (non-hydrogen) atoms. The number of benzene rings is 1. The first-order valence-electron chi connectivity index (χ1n) is 9.29. The Morgan fingerprint density at radius 1 is 0.870 bits per heavy atom. The van der Waals surface area contributed by atoms with Crippen LogP contribution in [-0.2, 0) is 38.7 Å². The summed E-state index contributed by atoms with van der Waals surface area (Å²) in [6.45, 7) is 7.08. The third kappa shape index (κ3) is 4.68. The van der Waals surface area contributed by atoms with Gasteiger partial charge in [0.2, 0.25) is 0 Å². The maximum atomic E-state index is 2.51. The molecule has 0 N–H and O–H groups in total. The molecule has 0 amide bonds. The van der Waals surface area contributed by atoms with Crippen molar-refractivity contribution in [2.24, 2.45) is 5.41 Å². The van der Waals surface area contributed by atoms with Gasteiger partial charge in [-0.05, 0) is 46.9 Å². The van der Waals surface area contributed by atoms with Gasteiger partial charge in [0.15, 0.2) is 0 Å². The predicted octanol–water partition coefficient (Wildman–Crippen LogP) is 6.51. The van der Waals surface area contributed by atoms with Crippen LogP contribution >= 0.6 is 0 Å². The van der Waals surface area contributed by atoms with Crippen LogP contribution in [0.5, 0.6) is 0 Å². The zero-order chi connectivity index (χ0) is 15.6. The largest absolute Gasteiger partial charge is 0.0721 e. The predicted molar refractivity (Wildman–Crippen MR) is 97.0 cm³/mol. The molecule has 0 aliphatic heterocycles. The quantitative estimate of drug-likeness (QED) is 0.313. The standard InChI is InChI=1S/C22H31.Hf/c1-4-5-6-7-8-9-10-17-11-12-18-13-19-15-22(2,3)16-20(19)14-21(17)18;/h11-14H,4-10,15-16H2,1-3H3;. The molecule has 1 radical (unpaired) electrons. The van der Waals surface area contributed by atoms with Crippen molar-refractivity contribution in [3.63, 3.8) is 0 Å². The molecule has 1 aromatic rings. The van der Waals surface area contributed by atoms with Crippen LogP contribution in [0.25, 0.3) is 6.08 Å². The van der Waals surface area contributed by atoms with Gasteiger partial charge in [0, 0.05) is 31.8 Å². The topological polar surface area (TPSA) is 0 Å². The van der Waals surface area contributed by atoms with Crippen molar-refractivity contribution in [3.05, 3.63) is 46.4 Å². The summed E-state index contributed by atoms with van der Waals surface area (Å²) in [7, 11) is 0. The van der Waals surface area contributed by atoms with Gasteiger partial charge in [-0.25, -0.2) is 0 Å². The van der Waals surface area contributed by atoms with Crippen LogP contribution in [0, 0.1) is 11.3 Å². The smallest absolute Gasteiger partial charge is 0.0273 e. The molecule has 0 spiro atoms. The van der Waals surface area contributed by atoms with E-state index in [0.29, 0.717) is 5.41 Å². The molecule has 2 aliphatic carbocycles. The molecule has 0 saturated heterocycles. The van der Waals surface area contributed by atoms with Gasteiger partial charge in [-0.3, -0.25) is 0 Å². The SMILES string of the molecule is CCCCCCCC[C]1C=Cc2cc3c(cc21)CC(C)(C)C3.[Hf]. The van der Waals surface area contributed by atoms with Gasteiger partial charge in [0.1, 0.15) is 0 Å². The summed E-state index contributed by atoms with van der Waals surface area (Å²) in [5, 5.41) is 0. The molecule has 0 unspecified atom stereocenters. The van der Waals surface area contributed by atoms with Crippen molar-refractivity contribution in [1.29, 1.82) is 0 Å². The van der Waals surface area contributed by atoms with Crippen LogP contribution in [0.2, 0.25) is 0 Å². The zero-order valence-corrected chi connectivity index (χ0v) is 18.8. The molecule has 0 aromatic heterocycles. The Morgan fingerprint density at radius 3 is 2.26 bits per heavy atom. The molecule has 0 fully saturated rings. The van der Waals surface area contributed by atoms with E-state index in [9.17, 15) is 0 Å². The van der Waals surface area contributed by atoms with Gasteiger partial charge < -0.3 is 0 Å². The second-order valence-corrected chi connectivity index (χ2v) is 8.10. The Morgan fingerprint density at radius 2 is 1.52 bits per heavy atom. The van der Waals surface area contributed by atoms with Gasteiger partial charge in [0.25, 0.3) is 0 Å². The third-order valence-electron chi connectivity index (χ3n) is 5.32. The van der Waals surface area contributed by atoms with Gasteiger partial charge in [0.05, 0.1) is 0 Å². The normalized spacial score (nSPS) is 17.9. The van der Waals surface area contributed by atoms with Gasteiger partial charge in [-0.15, -0.1) is 0 Å². The summed E-state index contributed by atoms with van der Waals surface area (Å²) in [5.41, 5.74) is 6.66. The summed E-state index contributed by atoms with van der Waals surface area (Å²) in [6, 6.07) is 4.97. The second-order valence-electron chi connectivity index (χ2n) is 8.10. The Hall–Kier alpha value is -0.170. The minimum Gasteiger partial charge on any atom is -0.0721 e. The van der Waals surface area contributed by atoms with Crippen molar-refractivity contribution in [1.82, 2.24) is 0 Å². The molecule has 0 atom stereocenters. The first kappa shape index (κ1) is 19.2. The number of hydrogen-bond donors (Lipinski definition) is 0. The van der Waals surface area contributed by atoms with Gasteiger partial charge in [-0.2, -0.15) is 0 Å². The zero-order valence-electron chi connectivity index (χ0n) is 15.2. The second kappa shape index (κ2) is 8.28. The van der Waals surface area contributed by atoms with Crippen LogP contribution in [0.3, 0.4) is 0 Å². The molecule has 0 bridgehead atoms. The van der Waals surface area contributed by atoms with E-state index < -0.39 is 0 Å². The number of fused-ring (bicyclic) bond motifs is 2. The number of hydrogen-bond acceptors (Lipinski definition) is 0. The van der Waals surface area contributed by atoms with E-state index >= 15 is 0 Å². The summed E-state index contributed by atoms with van der Waals surface area (Å²) >= 11 is 0. The Labute approximate surface area is 161 Å². The minimum atomic E-state index is 0. The molecule has 123 valence electrons. The molecule has 1 heteroatoms. The number of allylic oxidation sites excluding steroid dienone is 1. The van der Waals surface area contributed by atoms with Crippen LogP contribution in [0.4, 0.5) is 0 Å². The molecule has 0 nitrogen and oxygen atoms in total. The van der Waals surface area contributed by atoms with Gasteiger partial charge >= 0.3 is 0 Å². The first-order valence-corrected chi connectivity index (χ1v) is 9.29. The fourth-order valence-corrected chi connectivity index (χ4v) is 4.14. The van der Waals surface area contributed by atoms with E-state index in [1.165, 1.54) is 68.9 Å². The van der Waals surface area contributed by atoms with Crippen LogP contribution in [0.1, 0.15) is 88.0 Å². The van der Waals surface area contributed by atoms with E-state index in [0.717, 1.165) is 0 Å². The average molecular weight is 474 g/mol. The fraction of sp³-hybridized carbons (Fsp3) is 0.591. The summed E-state index contributed by atoms with van der Waals surface area (Å²) in [6.07, 6.45) is 16.8. The maximum absolute atomic E-state index is 2.51. The number of rotatable bonds is 7. The monoisotopic (exact) mass is 475 g/mol. The fourth-order valence-electron chi connectivity index (χ4n) is 4.14. The average Bonchev–Trinajstić information content (AvgIpc) is 2.98. The summed E-state index contributed by atoms with van der Waals surface area (Å²) < 4.78 is 0. The van der Waals surface area contributed by atoms with Crippen molar-refractivity contribution in [3.8, 4) is 0 Å². The van der Waals surface area contributed by atoms with E-state index in [1.54, 1.807) is 17.0 Å². The van der Waals surface area contributed by atoms with Crippen molar-refractivity contribution in [2.75, 3.05) is 0 Å². The van der Waals surface area contributed by atoms with Gasteiger partial charge in [-0.1, -0.05) is 83.6 Å². The Kier molecular flexibility index (Phi) is 6.89. The van der Waals surface area contributed by atoms with Crippen molar-refractivity contribution >= 4 is 6.08 Å². The molecule has 3 rings (SSSR count). The molecule has 0 saturated carbocycles. The van der Waals surface area contributed by atoms with Crippen molar-refractivity contribution < 1.29 is 25.8 Å². The molecular formula is C22H31Hf. The molecule has 2 aliphatic rings. The molecular weight excluding hydrogens is 443 g/mol. The van der Waals surface area contributed by atoms with Crippen molar-refractivity contribution in [2.45, 2.75) is 78.6 Å². The van der Waals surface area contributed by atoms with Crippen LogP contribution in [0.15, 0.2) is 18.2 Å². The summed E-state index contributed by atoms with van der Waals surface area (Å²) in [5.74, 6) is 1.58. The summed E-state index contributed by atoms with van der Waals surface area (Å²) in [4.78, 5) is 0. The molecule has 1 aromatic carbocycles. The van der Waals surface area contributed by atoms with Crippen LogP contribution in [-0.4, -0.2) is 0 Å².